The Kier molecular flexibility index (Phi) is 5.76. The number of nitrogens with one attached hydrogen (secondary N) is 1. The normalized spacial score (nSPS) is 12.0. The van der Waals surface area contributed by atoms with Gasteiger partial charge in [0, 0.05) is 9.26 Å². The molecule has 0 aromatic heterocycles. The molecular formula is C17H19IN2O. The van der Waals surface area contributed by atoms with Crippen molar-refractivity contribution >= 4 is 34.2 Å². The summed E-state index contributed by atoms with van der Waals surface area (Å²) in [6.07, 6.45) is 1.44. The molecule has 2 rings (SSSR count). The van der Waals surface area contributed by atoms with Crippen LogP contribution in [0.1, 0.15) is 17.5 Å². The predicted octanol–water partition coefficient (Wildman–Crippen LogP) is 3.50. The van der Waals surface area contributed by atoms with Gasteiger partial charge in [-0.25, -0.2) is 0 Å². The first-order valence-electron chi connectivity index (χ1n) is 6.93. The van der Waals surface area contributed by atoms with Crippen LogP contribution in [0.3, 0.4) is 0 Å². The SMILES string of the molecule is Cc1cc(I)ccc1NC(=O)[C@@H](N)CCc1ccccc1. The Bertz CT molecular complexity index is 613. The zero-order chi connectivity index (χ0) is 15.2. The zero-order valence-corrected chi connectivity index (χ0v) is 14.1. The molecule has 0 aliphatic rings. The van der Waals surface area contributed by atoms with E-state index in [1.807, 2.05) is 55.5 Å². The molecule has 110 valence electrons. The maximum Gasteiger partial charge on any atom is 0.241 e. The molecule has 0 unspecified atom stereocenters. The summed E-state index contributed by atoms with van der Waals surface area (Å²) >= 11 is 2.25. The van der Waals surface area contributed by atoms with Crippen molar-refractivity contribution < 1.29 is 4.79 Å². The van der Waals surface area contributed by atoms with Crippen LogP contribution in [0.15, 0.2) is 48.5 Å². The van der Waals surface area contributed by atoms with Gasteiger partial charge in [0.2, 0.25) is 5.91 Å². The van der Waals surface area contributed by atoms with E-state index < -0.39 is 6.04 Å². The Balaban J connectivity index is 1.90. The molecule has 0 radical (unpaired) electrons. The standard InChI is InChI=1S/C17H19IN2O/c1-12-11-14(18)8-10-16(12)20-17(21)15(19)9-7-13-5-3-2-4-6-13/h2-6,8,10-11,15H,7,9,19H2,1H3,(H,20,21)/t15-/m0/s1. The van der Waals surface area contributed by atoms with Gasteiger partial charge in [-0.1, -0.05) is 30.3 Å². The fourth-order valence-electron chi connectivity index (χ4n) is 2.09. The van der Waals surface area contributed by atoms with E-state index in [-0.39, 0.29) is 5.91 Å². The van der Waals surface area contributed by atoms with Gasteiger partial charge in [-0.15, -0.1) is 0 Å². The third-order valence-corrected chi connectivity index (χ3v) is 4.04. The average molecular weight is 394 g/mol. The lowest BCUT2D eigenvalue weighted by atomic mass is 10.1. The highest BCUT2D eigenvalue weighted by atomic mass is 127. The van der Waals surface area contributed by atoms with Crippen LogP contribution in [0, 0.1) is 10.5 Å². The first-order valence-corrected chi connectivity index (χ1v) is 8.00. The van der Waals surface area contributed by atoms with Gasteiger partial charge >= 0.3 is 0 Å². The first-order chi connectivity index (χ1) is 10.1. The molecule has 0 spiro atoms. The number of anilines is 1. The summed E-state index contributed by atoms with van der Waals surface area (Å²) in [5.41, 5.74) is 9.06. The number of nitrogens with two attached hydrogens (primary N) is 1. The largest absolute Gasteiger partial charge is 0.324 e. The Hall–Kier alpha value is -1.40. The van der Waals surface area contributed by atoms with Crippen LogP contribution in [-0.2, 0) is 11.2 Å². The summed E-state index contributed by atoms with van der Waals surface area (Å²) in [4.78, 5) is 12.1. The molecule has 1 amide bonds. The summed E-state index contributed by atoms with van der Waals surface area (Å²) < 4.78 is 1.15. The third-order valence-electron chi connectivity index (χ3n) is 3.37. The van der Waals surface area contributed by atoms with Crippen LogP contribution < -0.4 is 11.1 Å². The summed E-state index contributed by atoms with van der Waals surface area (Å²) in [5, 5.41) is 2.91. The monoisotopic (exact) mass is 394 g/mol. The molecule has 0 aliphatic carbocycles. The van der Waals surface area contributed by atoms with Crippen LogP contribution in [0.4, 0.5) is 5.69 Å². The maximum atomic E-state index is 12.1. The molecule has 0 heterocycles. The second kappa shape index (κ2) is 7.56. The molecule has 4 heteroatoms. The zero-order valence-electron chi connectivity index (χ0n) is 12.0. The molecule has 1 atom stereocenters. The topological polar surface area (TPSA) is 55.1 Å². The molecule has 2 aromatic rings. The number of carbonyl (C=O) groups excluding carboxylic acids is 1. The minimum Gasteiger partial charge on any atom is -0.324 e. The fraction of sp³-hybridized carbons (Fsp3) is 0.235. The molecule has 0 fully saturated rings. The lowest BCUT2D eigenvalue weighted by Gasteiger charge is -2.14. The molecule has 21 heavy (non-hydrogen) atoms. The molecule has 0 aliphatic heterocycles. The number of hydrogen-bond acceptors (Lipinski definition) is 2. The van der Waals surface area contributed by atoms with Crippen molar-refractivity contribution in [2.24, 2.45) is 5.73 Å². The van der Waals surface area contributed by atoms with Crippen LogP contribution in [0.2, 0.25) is 0 Å². The smallest absolute Gasteiger partial charge is 0.241 e. The van der Waals surface area contributed by atoms with Gasteiger partial charge < -0.3 is 11.1 Å². The van der Waals surface area contributed by atoms with Crippen molar-refractivity contribution in [1.82, 2.24) is 0 Å². The van der Waals surface area contributed by atoms with E-state index in [1.54, 1.807) is 0 Å². The molecule has 2 aromatic carbocycles. The average Bonchev–Trinajstić information content (AvgIpc) is 2.48. The lowest BCUT2D eigenvalue weighted by molar-refractivity contribution is -0.117. The van der Waals surface area contributed by atoms with Gasteiger partial charge in [0.25, 0.3) is 0 Å². The minimum absolute atomic E-state index is 0.129. The predicted molar refractivity (Wildman–Crippen MR) is 95.3 cm³/mol. The van der Waals surface area contributed by atoms with E-state index in [9.17, 15) is 4.79 Å². The Morgan fingerprint density at radius 1 is 1.24 bits per heavy atom. The van der Waals surface area contributed by atoms with Crippen LogP contribution in [0.5, 0.6) is 0 Å². The number of rotatable bonds is 5. The molecular weight excluding hydrogens is 375 g/mol. The first kappa shape index (κ1) is 16.0. The highest BCUT2D eigenvalue weighted by molar-refractivity contribution is 14.1. The summed E-state index contributed by atoms with van der Waals surface area (Å²) in [5.74, 6) is -0.129. The number of halogens is 1. The van der Waals surface area contributed by atoms with E-state index in [0.717, 1.165) is 21.2 Å². The third kappa shape index (κ3) is 4.82. The van der Waals surface area contributed by atoms with Gasteiger partial charge in [0.1, 0.15) is 0 Å². The molecule has 0 saturated carbocycles. The number of benzene rings is 2. The van der Waals surface area contributed by atoms with Crippen molar-refractivity contribution in [2.75, 3.05) is 5.32 Å². The molecule has 0 saturated heterocycles. The maximum absolute atomic E-state index is 12.1. The molecule has 3 N–H and O–H groups in total. The highest BCUT2D eigenvalue weighted by Crippen LogP contribution is 2.18. The number of hydrogen-bond donors (Lipinski definition) is 2. The van der Waals surface area contributed by atoms with Crippen molar-refractivity contribution in [3.8, 4) is 0 Å². The van der Waals surface area contributed by atoms with E-state index in [4.69, 9.17) is 5.73 Å². The van der Waals surface area contributed by atoms with Gasteiger partial charge in [0.15, 0.2) is 0 Å². The quantitative estimate of drug-likeness (QED) is 0.763. The Labute approximate surface area is 139 Å². The van der Waals surface area contributed by atoms with Gasteiger partial charge in [-0.05, 0) is 71.7 Å². The van der Waals surface area contributed by atoms with Crippen molar-refractivity contribution in [2.45, 2.75) is 25.8 Å². The molecule has 0 bridgehead atoms. The van der Waals surface area contributed by atoms with E-state index in [2.05, 4.69) is 27.9 Å². The van der Waals surface area contributed by atoms with Crippen molar-refractivity contribution in [1.29, 1.82) is 0 Å². The Morgan fingerprint density at radius 2 is 1.95 bits per heavy atom. The Morgan fingerprint density at radius 3 is 2.62 bits per heavy atom. The minimum atomic E-state index is -0.496. The second-order valence-electron chi connectivity index (χ2n) is 5.08. The van der Waals surface area contributed by atoms with Crippen molar-refractivity contribution in [3.63, 3.8) is 0 Å². The molecule has 3 nitrogen and oxygen atoms in total. The van der Waals surface area contributed by atoms with E-state index in [0.29, 0.717) is 6.42 Å². The summed E-state index contributed by atoms with van der Waals surface area (Å²) in [7, 11) is 0. The van der Waals surface area contributed by atoms with E-state index >= 15 is 0 Å². The number of carbonyl (C=O) groups is 1. The van der Waals surface area contributed by atoms with E-state index in [1.165, 1.54) is 5.56 Å². The number of amides is 1. The highest BCUT2D eigenvalue weighted by Gasteiger charge is 2.14. The van der Waals surface area contributed by atoms with Crippen LogP contribution in [0.25, 0.3) is 0 Å². The van der Waals surface area contributed by atoms with Gasteiger partial charge in [0.05, 0.1) is 6.04 Å². The summed E-state index contributed by atoms with van der Waals surface area (Å²) in [6, 6.07) is 15.5. The fourth-order valence-corrected chi connectivity index (χ4v) is 2.74. The summed E-state index contributed by atoms with van der Waals surface area (Å²) in [6.45, 7) is 1.98. The van der Waals surface area contributed by atoms with Gasteiger partial charge in [-0.3, -0.25) is 4.79 Å². The number of aryl methyl sites for hydroxylation is 2. The lowest BCUT2D eigenvalue weighted by Crippen LogP contribution is -2.36. The van der Waals surface area contributed by atoms with Crippen molar-refractivity contribution in [3.05, 3.63) is 63.2 Å². The van der Waals surface area contributed by atoms with Crippen LogP contribution in [-0.4, -0.2) is 11.9 Å². The van der Waals surface area contributed by atoms with Gasteiger partial charge in [-0.2, -0.15) is 0 Å². The van der Waals surface area contributed by atoms with Crippen LogP contribution >= 0.6 is 22.6 Å². The second-order valence-corrected chi connectivity index (χ2v) is 6.32.